The maximum absolute atomic E-state index is 12.2. The molecule has 1 N–H and O–H groups in total. The summed E-state index contributed by atoms with van der Waals surface area (Å²) < 4.78 is 10.9. The van der Waals surface area contributed by atoms with Crippen LogP contribution in [-0.2, 0) is 4.79 Å². The summed E-state index contributed by atoms with van der Waals surface area (Å²) in [4.78, 5) is 24.2. The Hall–Kier alpha value is -2.53. The van der Waals surface area contributed by atoms with Crippen LogP contribution in [-0.4, -0.2) is 24.9 Å². The van der Waals surface area contributed by atoms with E-state index < -0.39 is 0 Å². The van der Waals surface area contributed by atoms with Gasteiger partial charge in [-0.05, 0) is 42.5 Å². The van der Waals surface area contributed by atoms with Gasteiger partial charge in [-0.25, -0.2) is 0 Å². The van der Waals surface area contributed by atoms with Gasteiger partial charge in [0, 0.05) is 29.1 Å². The zero-order chi connectivity index (χ0) is 16.9. The largest absolute Gasteiger partial charge is 0.486 e. The number of hydrogen-bond acceptors (Lipinski definition) is 4. The molecule has 5 nitrogen and oxygen atoms in total. The average molecular weight is 346 g/mol. The molecule has 0 spiro atoms. The second-order valence-corrected chi connectivity index (χ2v) is 5.77. The van der Waals surface area contributed by atoms with E-state index >= 15 is 0 Å². The fourth-order valence-corrected chi connectivity index (χ4v) is 2.47. The van der Waals surface area contributed by atoms with E-state index in [9.17, 15) is 9.59 Å². The number of amides is 1. The number of hydrogen-bond donors (Lipinski definition) is 1. The van der Waals surface area contributed by atoms with E-state index in [2.05, 4.69) is 5.32 Å². The Bertz CT molecular complexity index is 758. The molecule has 0 unspecified atom stereocenters. The number of benzene rings is 2. The molecule has 2 aromatic rings. The van der Waals surface area contributed by atoms with Crippen LogP contribution < -0.4 is 14.8 Å². The van der Waals surface area contributed by atoms with E-state index in [4.69, 9.17) is 21.1 Å². The molecule has 0 saturated carbocycles. The zero-order valence-corrected chi connectivity index (χ0v) is 13.6. The predicted molar refractivity (Wildman–Crippen MR) is 91.1 cm³/mol. The van der Waals surface area contributed by atoms with Gasteiger partial charge in [0.05, 0.1) is 0 Å². The third-order valence-corrected chi connectivity index (χ3v) is 3.82. The summed E-state index contributed by atoms with van der Waals surface area (Å²) in [6.45, 7) is 0.972. The smallest absolute Gasteiger partial charge is 0.224 e. The third kappa shape index (κ3) is 4.06. The number of ether oxygens (including phenoxy) is 2. The number of halogens is 1. The molecule has 3 rings (SSSR count). The fraction of sp³-hybridized carbons (Fsp3) is 0.222. The van der Waals surface area contributed by atoms with Gasteiger partial charge < -0.3 is 14.8 Å². The number of carbonyl (C=O) groups is 2. The van der Waals surface area contributed by atoms with Crippen molar-refractivity contribution in [2.75, 3.05) is 18.5 Å². The van der Waals surface area contributed by atoms with Crippen LogP contribution in [0.5, 0.6) is 11.5 Å². The molecule has 1 aliphatic rings. The van der Waals surface area contributed by atoms with Crippen LogP contribution in [0, 0.1) is 0 Å². The maximum Gasteiger partial charge on any atom is 0.224 e. The lowest BCUT2D eigenvalue weighted by Gasteiger charge is -2.18. The standard InChI is InChI=1S/C18H16ClNO4/c19-13-2-4-14(5-3-13)20-18(22)8-6-15(21)12-1-7-16-17(11-12)24-10-9-23-16/h1-5,7,11H,6,8-10H2,(H,20,22). The van der Waals surface area contributed by atoms with Crippen molar-refractivity contribution in [1.29, 1.82) is 0 Å². The molecule has 1 amide bonds. The highest BCUT2D eigenvalue weighted by molar-refractivity contribution is 6.30. The van der Waals surface area contributed by atoms with Crippen LogP contribution in [0.15, 0.2) is 42.5 Å². The van der Waals surface area contributed by atoms with Crippen molar-refractivity contribution >= 4 is 29.0 Å². The van der Waals surface area contributed by atoms with E-state index in [-0.39, 0.29) is 24.5 Å². The molecule has 0 atom stereocenters. The molecule has 6 heteroatoms. The van der Waals surface area contributed by atoms with Crippen molar-refractivity contribution in [2.45, 2.75) is 12.8 Å². The molecule has 0 aromatic heterocycles. The van der Waals surface area contributed by atoms with Crippen molar-refractivity contribution in [3.05, 3.63) is 53.1 Å². The summed E-state index contributed by atoms with van der Waals surface area (Å²) in [6, 6.07) is 11.9. The van der Waals surface area contributed by atoms with Crippen molar-refractivity contribution in [3.63, 3.8) is 0 Å². The Labute approximate surface area is 144 Å². The van der Waals surface area contributed by atoms with Crippen LogP contribution >= 0.6 is 11.6 Å². The molecule has 2 aromatic carbocycles. The summed E-state index contributed by atoms with van der Waals surface area (Å²) in [5.41, 5.74) is 1.16. The van der Waals surface area contributed by atoms with E-state index in [0.29, 0.717) is 41.0 Å². The molecule has 0 bridgehead atoms. The lowest BCUT2D eigenvalue weighted by molar-refractivity contribution is -0.116. The van der Waals surface area contributed by atoms with Gasteiger partial charge in [0.2, 0.25) is 5.91 Å². The Kier molecular flexibility index (Phi) is 5.01. The Morgan fingerprint density at radius 1 is 0.958 bits per heavy atom. The van der Waals surface area contributed by atoms with E-state index in [0.717, 1.165) is 0 Å². The highest BCUT2D eigenvalue weighted by Crippen LogP contribution is 2.31. The Morgan fingerprint density at radius 3 is 2.42 bits per heavy atom. The Morgan fingerprint density at radius 2 is 1.67 bits per heavy atom. The summed E-state index contributed by atoms with van der Waals surface area (Å²) in [7, 11) is 0. The normalized spacial score (nSPS) is 12.5. The summed E-state index contributed by atoms with van der Waals surface area (Å²) in [5.74, 6) is 0.873. The molecular weight excluding hydrogens is 330 g/mol. The van der Waals surface area contributed by atoms with Crippen LogP contribution in [0.3, 0.4) is 0 Å². The van der Waals surface area contributed by atoms with Gasteiger partial charge in [-0.15, -0.1) is 0 Å². The van der Waals surface area contributed by atoms with Crippen molar-refractivity contribution in [1.82, 2.24) is 0 Å². The van der Waals surface area contributed by atoms with Crippen LogP contribution in [0.1, 0.15) is 23.2 Å². The molecule has 1 heterocycles. The second-order valence-electron chi connectivity index (χ2n) is 5.34. The van der Waals surface area contributed by atoms with Crippen LogP contribution in [0.2, 0.25) is 5.02 Å². The fourth-order valence-electron chi connectivity index (χ4n) is 2.34. The first-order valence-electron chi connectivity index (χ1n) is 7.60. The van der Waals surface area contributed by atoms with Gasteiger partial charge in [-0.1, -0.05) is 11.6 Å². The molecular formula is C18H16ClNO4. The van der Waals surface area contributed by atoms with Gasteiger partial charge in [0.25, 0.3) is 0 Å². The quantitative estimate of drug-likeness (QED) is 0.839. The number of Topliss-reactive ketones (excluding diaryl/α,β-unsaturated/α-hetero) is 1. The number of carbonyl (C=O) groups excluding carboxylic acids is 2. The number of anilines is 1. The van der Waals surface area contributed by atoms with Gasteiger partial charge in [-0.2, -0.15) is 0 Å². The molecule has 124 valence electrons. The summed E-state index contributed by atoms with van der Waals surface area (Å²) in [6.07, 6.45) is 0.231. The monoisotopic (exact) mass is 345 g/mol. The third-order valence-electron chi connectivity index (χ3n) is 3.57. The predicted octanol–water partition coefficient (Wildman–Crippen LogP) is 3.71. The lowest BCUT2D eigenvalue weighted by atomic mass is 10.1. The molecule has 0 aliphatic carbocycles. The van der Waals surface area contributed by atoms with E-state index in [1.54, 1.807) is 42.5 Å². The number of nitrogens with one attached hydrogen (secondary N) is 1. The van der Waals surface area contributed by atoms with Crippen molar-refractivity contribution in [3.8, 4) is 11.5 Å². The average Bonchev–Trinajstić information content (AvgIpc) is 2.61. The Balaban J connectivity index is 1.55. The second kappa shape index (κ2) is 7.36. The highest BCUT2D eigenvalue weighted by Gasteiger charge is 2.15. The molecule has 1 aliphatic heterocycles. The van der Waals surface area contributed by atoms with Gasteiger partial charge >= 0.3 is 0 Å². The summed E-state index contributed by atoms with van der Waals surface area (Å²) in [5, 5.41) is 3.33. The van der Waals surface area contributed by atoms with E-state index in [1.165, 1.54) is 0 Å². The van der Waals surface area contributed by atoms with E-state index in [1.807, 2.05) is 0 Å². The van der Waals surface area contributed by atoms with Gasteiger partial charge in [-0.3, -0.25) is 9.59 Å². The molecule has 24 heavy (non-hydrogen) atoms. The number of fused-ring (bicyclic) bond motifs is 1. The topological polar surface area (TPSA) is 64.6 Å². The minimum Gasteiger partial charge on any atom is -0.486 e. The number of rotatable bonds is 5. The highest BCUT2D eigenvalue weighted by atomic mass is 35.5. The van der Waals surface area contributed by atoms with Crippen LogP contribution in [0.4, 0.5) is 5.69 Å². The maximum atomic E-state index is 12.2. The lowest BCUT2D eigenvalue weighted by Crippen LogP contribution is -2.16. The minimum absolute atomic E-state index is 0.107. The first kappa shape index (κ1) is 16.3. The minimum atomic E-state index is -0.219. The van der Waals surface area contributed by atoms with Gasteiger partial charge in [0.15, 0.2) is 17.3 Å². The van der Waals surface area contributed by atoms with Crippen molar-refractivity contribution in [2.24, 2.45) is 0 Å². The number of ketones is 1. The SMILES string of the molecule is O=C(CCC(=O)c1ccc2c(c1)OCCO2)Nc1ccc(Cl)cc1. The zero-order valence-electron chi connectivity index (χ0n) is 12.9. The molecule has 0 radical (unpaired) electrons. The molecule has 0 saturated heterocycles. The van der Waals surface area contributed by atoms with Crippen LogP contribution in [0.25, 0.3) is 0 Å². The van der Waals surface area contributed by atoms with Gasteiger partial charge in [0.1, 0.15) is 13.2 Å². The first-order valence-corrected chi connectivity index (χ1v) is 7.98. The molecule has 0 fully saturated rings. The summed E-state index contributed by atoms with van der Waals surface area (Å²) >= 11 is 5.79. The first-order chi connectivity index (χ1) is 11.6. The van der Waals surface area contributed by atoms with Crippen molar-refractivity contribution < 1.29 is 19.1 Å².